The largest absolute Gasteiger partial charge is 0.497 e. The van der Waals surface area contributed by atoms with E-state index in [0.29, 0.717) is 11.7 Å². The molecular weight excluding hydrogens is 208 g/mol. The van der Waals surface area contributed by atoms with E-state index in [1.54, 1.807) is 19.2 Å². The summed E-state index contributed by atoms with van der Waals surface area (Å²) in [5.74, 6) is 1.55. The molecule has 0 bridgehead atoms. The molecule has 2 aromatic rings. The predicted molar refractivity (Wildman–Crippen MR) is 56.1 cm³/mol. The SMILES string of the molecule is COc1ccc(-c2nc(CC=O)no2)cc1. The summed E-state index contributed by atoms with van der Waals surface area (Å²) in [5, 5.41) is 3.68. The Hall–Kier alpha value is -2.17. The monoisotopic (exact) mass is 218 g/mol. The van der Waals surface area contributed by atoms with Crippen LogP contribution in [0.3, 0.4) is 0 Å². The second kappa shape index (κ2) is 4.57. The highest BCUT2D eigenvalue weighted by Crippen LogP contribution is 2.20. The highest BCUT2D eigenvalue weighted by molar-refractivity contribution is 5.56. The molecule has 0 fully saturated rings. The Labute approximate surface area is 92.0 Å². The Morgan fingerprint density at radius 3 is 2.75 bits per heavy atom. The lowest BCUT2D eigenvalue weighted by atomic mass is 10.2. The van der Waals surface area contributed by atoms with Gasteiger partial charge in [0.15, 0.2) is 5.82 Å². The number of carbonyl (C=O) groups is 1. The predicted octanol–water partition coefficient (Wildman–Crippen LogP) is 1.49. The van der Waals surface area contributed by atoms with E-state index in [2.05, 4.69) is 10.1 Å². The van der Waals surface area contributed by atoms with Crippen LogP contribution in [0.15, 0.2) is 28.8 Å². The molecule has 0 saturated heterocycles. The van der Waals surface area contributed by atoms with Gasteiger partial charge in [0.1, 0.15) is 12.0 Å². The van der Waals surface area contributed by atoms with E-state index in [-0.39, 0.29) is 6.42 Å². The second-order valence-corrected chi connectivity index (χ2v) is 3.12. The quantitative estimate of drug-likeness (QED) is 0.727. The van der Waals surface area contributed by atoms with E-state index in [0.717, 1.165) is 17.6 Å². The molecule has 1 heterocycles. The number of hydrogen-bond donors (Lipinski definition) is 0. The number of benzene rings is 1. The van der Waals surface area contributed by atoms with Gasteiger partial charge in [-0.15, -0.1) is 0 Å². The molecule has 0 N–H and O–H groups in total. The van der Waals surface area contributed by atoms with Crippen LogP contribution in [0.25, 0.3) is 11.5 Å². The van der Waals surface area contributed by atoms with Crippen LogP contribution in [0, 0.1) is 0 Å². The molecule has 16 heavy (non-hydrogen) atoms. The van der Waals surface area contributed by atoms with Gasteiger partial charge in [0, 0.05) is 5.56 Å². The lowest BCUT2D eigenvalue weighted by molar-refractivity contribution is -0.107. The van der Waals surface area contributed by atoms with Crippen molar-refractivity contribution in [2.24, 2.45) is 0 Å². The van der Waals surface area contributed by atoms with Gasteiger partial charge < -0.3 is 14.1 Å². The minimum absolute atomic E-state index is 0.166. The second-order valence-electron chi connectivity index (χ2n) is 3.12. The third kappa shape index (κ3) is 2.08. The Kier molecular flexibility index (Phi) is 2.95. The van der Waals surface area contributed by atoms with Crippen LogP contribution in [0.1, 0.15) is 5.82 Å². The number of rotatable bonds is 4. The minimum Gasteiger partial charge on any atom is -0.497 e. The topological polar surface area (TPSA) is 65.2 Å². The van der Waals surface area contributed by atoms with Crippen molar-refractivity contribution in [3.63, 3.8) is 0 Å². The zero-order valence-corrected chi connectivity index (χ0v) is 8.71. The lowest BCUT2D eigenvalue weighted by Gasteiger charge is -1.98. The first-order chi connectivity index (χ1) is 7.83. The average molecular weight is 218 g/mol. The molecule has 0 saturated carbocycles. The molecule has 0 radical (unpaired) electrons. The van der Waals surface area contributed by atoms with Crippen LogP contribution in [-0.2, 0) is 11.2 Å². The molecule has 2 rings (SSSR count). The van der Waals surface area contributed by atoms with Crippen molar-refractivity contribution in [1.29, 1.82) is 0 Å². The smallest absolute Gasteiger partial charge is 0.257 e. The maximum Gasteiger partial charge on any atom is 0.257 e. The molecule has 0 aliphatic carbocycles. The van der Waals surface area contributed by atoms with Crippen molar-refractivity contribution >= 4 is 6.29 Å². The molecule has 0 spiro atoms. The third-order valence-electron chi connectivity index (χ3n) is 2.07. The van der Waals surface area contributed by atoms with Crippen LogP contribution >= 0.6 is 0 Å². The van der Waals surface area contributed by atoms with E-state index in [9.17, 15) is 4.79 Å². The summed E-state index contributed by atoms with van der Waals surface area (Å²) in [6.07, 6.45) is 0.905. The Morgan fingerprint density at radius 2 is 2.12 bits per heavy atom. The van der Waals surface area contributed by atoms with E-state index < -0.39 is 0 Å². The van der Waals surface area contributed by atoms with Crippen LogP contribution in [0.5, 0.6) is 5.75 Å². The standard InChI is InChI=1S/C11H10N2O3/c1-15-9-4-2-8(3-5-9)11-12-10(6-7-14)13-16-11/h2-5,7H,6H2,1H3. The van der Waals surface area contributed by atoms with E-state index >= 15 is 0 Å². The van der Waals surface area contributed by atoms with Gasteiger partial charge in [0.25, 0.3) is 5.89 Å². The summed E-state index contributed by atoms with van der Waals surface area (Å²) < 4.78 is 10.1. The van der Waals surface area contributed by atoms with Crippen LogP contribution in [0.4, 0.5) is 0 Å². The van der Waals surface area contributed by atoms with Gasteiger partial charge in [-0.3, -0.25) is 0 Å². The number of nitrogens with zero attached hydrogens (tertiary/aromatic N) is 2. The first-order valence-electron chi connectivity index (χ1n) is 4.74. The van der Waals surface area contributed by atoms with E-state index in [1.165, 1.54) is 0 Å². The summed E-state index contributed by atoms with van der Waals surface area (Å²) in [4.78, 5) is 14.3. The van der Waals surface area contributed by atoms with E-state index in [1.807, 2.05) is 12.1 Å². The lowest BCUT2D eigenvalue weighted by Crippen LogP contribution is -1.88. The van der Waals surface area contributed by atoms with Crippen molar-refractivity contribution in [2.45, 2.75) is 6.42 Å². The fraction of sp³-hybridized carbons (Fsp3) is 0.182. The molecule has 5 heteroatoms. The van der Waals surface area contributed by atoms with Gasteiger partial charge in [-0.1, -0.05) is 5.16 Å². The molecule has 0 atom stereocenters. The summed E-state index contributed by atoms with van der Waals surface area (Å²) in [5.41, 5.74) is 0.797. The van der Waals surface area contributed by atoms with Crippen molar-refractivity contribution in [3.8, 4) is 17.2 Å². The maximum absolute atomic E-state index is 10.3. The summed E-state index contributed by atoms with van der Waals surface area (Å²) in [6, 6.07) is 7.24. The summed E-state index contributed by atoms with van der Waals surface area (Å²) >= 11 is 0. The minimum atomic E-state index is 0.166. The first-order valence-corrected chi connectivity index (χ1v) is 4.74. The fourth-order valence-corrected chi connectivity index (χ4v) is 1.26. The van der Waals surface area contributed by atoms with Gasteiger partial charge in [-0.2, -0.15) is 4.98 Å². The highest BCUT2D eigenvalue weighted by Gasteiger charge is 2.07. The van der Waals surface area contributed by atoms with Crippen LogP contribution in [-0.4, -0.2) is 23.5 Å². The van der Waals surface area contributed by atoms with Crippen LogP contribution < -0.4 is 4.74 Å². The van der Waals surface area contributed by atoms with Gasteiger partial charge >= 0.3 is 0 Å². The summed E-state index contributed by atoms with van der Waals surface area (Å²) in [6.45, 7) is 0. The van der Waals surface area contributed by atoms with Gasteiger partial charge in [0.05, 0.1) is 13.5 Å². The van der Waals surface area contributed by atoms with Gasteiger partial charge in [0.2, 0.25) is 0 Å². The zero-order chi connectivity index (χ0) is 11.4. The number of hydrogen-bond acceptors (Lipinski definition) is 5. The van der Waals surface area contributed by atoms with E-state index in [4.69, 9.17) is 9.26 Å². The molecule has 82 valence electrons. The number of ether oxygens (including phenoxy) is 1. The van der Waals surface area contributed by atoms with Gasteiger partial charge in [-0.05, 0) is 24.3 Å². The number of aromatic nitrogens is 2. The van der Waals surface area contributed by atoms with Crippen molar-refractivity contribution in [1.82, 2.24) is 10.1 Å². The molecule has 0 amide bonds. The Balaban J connectivity index is 2.24. The first kappa shape index (κ1) is 10.4. The zero-order valence-electron chi connectivity index (χ0n) is 8.71. The van der Waals surface area contributed by atoms with Crippen molar-refractivity contribution in [3.05, 3.63) is 30.1 Å². The molecular formula is C11H10N2O3. The molecule has 0 aliphatic rings. The third-order valence-corrected chi connectivity index (χ3v) is 2.07. The summed E-state index contributed by atoms with van der Waals surface area (Å²) in [7, 11) is 1.60. The molecule has 1 aromatic heterocycles. The normalized spacial score (nSPS) is 10.1. The number of methoxy groups -OCH3 is 1. The number of aldehydes is 1. The molecule has 1 aromatic carbocycles. The molecule has 0 unspecified atom stereocenters. The Bertz CT molecular complexity index is 476. The molecule has 5 nitrogen and oxygen atoms in total. The van der Waals surface area contributed by atoms with Crippen molar-refractivity contribution in [2.75, 3.05) is 7.11 Å². The van der Waals surface area contributed by atoms with Crippen molar-refractivity contribution < 1.29 is 14.1 Å². The number of carbonyl (C=O) groups excluding carboxylic acids is 1. The van der Waals surface area contributed by atoms with Gasteiger partial charge in [-0.25, -0.2) is 0 Å². The van der Waals surface area contributed by atoms with Crippen LogP contribution in [0.2, 0.25) is 0 Å². The fourth-order valence-electron chi connectivity index (χ4n) is 1.26. The average Bonchev–Trinajstić information content (AvgIpc) is 2.78. The maximum atomic E-state index is 10.3. The Morgan fingerprint density at radius 1 is 1.38 bits per heavy atom. The molecule has 0 aliphatic heterocycles. The highest BCUT2D eigenvalue weighted by atomic mass is 16.5.